The lowest BCUT2D eigenvalue weighted by Crippen LogP contribution is -2.09. The maximum Gasteiger partial charge on any atom is 0.309 e. The molecule has 0 radical (unpaired) electrons. The maximum atomic E-state index is 10.8. The molecular weight excluding hydrogens is 218 g/mol. The quantitative estimate of drug-likeness (QED) is 0.856. The van der Waals surface area contributed by atoms with Gasteiger partial charge in [0.15, 0.2) is 0 Å². The molecule has 0 aliphatic carbocycles. The molecule has 17 heavy (non-hydrogen) atoms. The van der Waals surface area contributed by atoms with Crippen LogP contribution >= 0.6 is 0 Å². The van der Waals surface area contributed by atoms with Crippen LogP contribution in [0.25, 0.3) is 10.9 Å². The number of nitrogens with zero attached hydrogens (tertiary/aromatic N) is 1. The van der Waals surface area contributed by atoms with Crippen molar-refractivity contribution in [2.75, 3.05) is 0 Å². The fourth-order valence-corrected chi connectivity index (χ4v) is 2.18. The third kappa shape index (κ3) is 2.11. The summed E-state index contributed by atoms with van der Waals surface area (Å²) < 4.78 is 1.99. The number of fused-ring (bicyclic) bond motifs is 1. The van der Waals surface area contributed by atoms with Crippen LogP contribution in [0.4, 0.5) is 0 Å². The average molecular weight is 233 g/mol. The summed E-state index contributed by atoms with van der Waals surface area (Å²) in [6.07, 6.45) is -0.00633. The van der Waals surface area contributed by atoms with E-state index in [1.165, 1.54) is 0 Å². The van der Waals surface area contributed by atoms with Crippen molar-refractivity contribution in [2.45, 2.75) is 26.3 Å². The van der Waals surface area contributed by atoms with Gasteiger partial charge in [-0.1, -0.05) is 0 Å². The van der Waals surface area contributed by atoms with E-state index in [9.17, 15) is 9.90 Å². The van der Waals surface area contributed by atoms with Gasteiger partial charge in [-0.05, 0) is 38.1 Å². The van der Waals surface area contributed by atoms with E-state index in [1.807, 2.05) is 30.5 Å². The van der Waals surface area contributed by atoms with Crippen molar-refractivity contribution < 1.29 is 15.0 Å². The van der Waals surface area contributed by atoms with E-state index in [0.717, 1.165) is 16.6 Å². The molecule has 4 nitrogen and oxygen atoms in total. The number of carboxylic acids is 1. The van der Waals surface area contributed by atoms with Crippen LogP contribution in [-0.2, 0) is 11.2 Å². The highest BCUT2D eigenvalue weighted by molar-refractivity contribution is 5.84. The van der Waals surface area contributed by atoms with Gasteiger partial charge in [0.05, 0.1) is 6.42 Å². The summed E-state index contributed by atoms with van der Waals surface area (Å²) in [5, 5.41) is 19.2. The Kier molecular flexibility index (Phi) is 2.79. The van der Waals surface area contributed by atoms with Gasteiger partial charge in [0.1, 0.15) is 5.75 Å². The van der Waals surface area contributed by atoms with Crippen LogP contribution in [0.3, 0.4) is 0 Å². The van der Waals surface area contributed by atoms with Crippen molar-refractivity contribution >= 4 is 16.9 Å². The molecular formula is C13H15NO3. The summed E-state index contributed by atoms with van der Waals surface area (Å²) in [6, 6.07) is 7.09. The van der Waals surface area contributed by atoms with Crippen LogP contribution in [0.1, 0.15) is 25.6 Å². The molecule has 90 valence electrons. The molecule has 1 heterocycles. The van der Waals surface area contributed by atoms with E-state index >= 15 is 0 Å². The minimum absolute atomic E-state index is 0.00633. The Bertz CT molecular complexity index is 569. The number of aromatic nitrogens is 1. The first-order chi connectivity index (χ1) is 7.99. The number of rotatable bonds is 3. The third-order valence-electron chi connectivity index (χ3n) is 2.75. The zero-order chi connectivity index (χ0) is 12.6. The number of hydrogen-bond acceptors (Lipinski definition) is 2. The Morgan fingerprint density at radius 1 is 1.35 bits per heavy atom. The maximum absolute atomic E-state index is 10.8. The summed E-state index contributed by atoms with van der Waals surface area (Å²) in [5.41, 5.74) is 1.71. The van der Waals surface area contributed by atoms with Gasteiger partial charge >= 0.3 is 5.97 Å². The average Bonchev–Trinajstić information content (AvgIpc) is 2.53. The first-order valence-electron chi connectivity index (χ1n) is 5.53. The molecule has 0 aliphatic heterocycles. The Hall–Kier alpha value is -1.97. The number of benzene rings is 1. The number of carboxylic acid groups (broad SMARTS) is 1. The van der Waals surface area contributed by atoms with Crippen molar-refractivity contribution in [2.24, 2.45) is 0 Å². The van der Waals surface area contributed by atoms with Crippen molar-refractivity contribution in [1.82, 2.24) is 4.57 Å². The Balaban J connectivity index is 2.65. The second-order valence-electron chi connectivity index (χ2n) is 4.41. The third-order valence-corrected chi connectivity index (χ3v) is 2.75. The number of aromatic hydroxyl groups is 1. The Morgan fingerprint density at radius 2 is 2.06 bits per heavy atom. The normalized spacial score (nSPS) is 11.2. The molecule has 0 saturated carbocycles. The second kappa shape index (κ2) is 4.13. The fourth-order valence-electron chi connectivity index (χ4n) is 2.18. The van der Waals surface area contributed by atoms with E-state index in [0.29, 0.717) is 0 Å². The van der Waals surface area contributed by atoms with E-state index in [2.05, 4.69) is 0 Å². The lowest BCUT2D eigenvalue weighted by molar-refractivity contribution is -0.136. The van der Waals surface area contributed by atoms with Gasteiger partial charge in [0, 0.05) is 22.6 Å². The van der Waals surface area contributed by atoms with Gasteiger partial charge < -0.3 is 14.8 Å². The molecule has 2 aromatic rings. The van der Waals surface area contributed by atoms with Crippen LogP contribution in [0, 0.1) is 0 Å². The van der Waals surface area contributed by atoms with Gasteiger partial charge in [-0.15, -0.1) is 0 Å². The van der Waals surface area contributed by atoms with Crippen LogP contribution in [-0.4, -0.2) is 20.7 Å². The molecule has 2 N–H and O–H groups in total. The molecule has 4 heteroatoms. The molecule has 1 aromatic carbocycles. The summed E-state index contributed by atoms with van der Waals surface area (Å²) in [5.74, 6) is -0.654. The smallest absolute Gasteiger partial charge is 0.309 e. The van der Waals surface area contributed by atoms with E-state index in [4.69, 9.17) is 5.11 Å². The first-order valence-corrected chi connectivity index (χ1v) is 5.53. The minimum Gasteiger partial charge on any atom is -0.508 e. The van der Waals surface area contributed by atoms with Crippen LogP contribution in [0.5, 0.6) is 5.75 Å². The van der Waals surface area contributed by atoms with Crippen molar-refractivity contribution in [3.63, 3.8) is 0 Å². The largest absolute Gasteiger partial charge is 0.508 e. The molecule has 0 spiro atoms. The van der Waals surface area contributed by atoms with Crippen LogP contribution in [0.2, 0.25) is 0 Å². The van der Waals surface area contributed by atoms with Gasteiger partial charge in [-0.25, -0.2) is 0 Å². The molecule has 0 saturated heterocycles. The van der Waals surface area contributed by atoms with E-state index in [-0.39, 0.29) is 18.2 Å². The molecule has 0 atom stereocenters. The summed E-state index contributed by atoms with van der Waals surface area (Å²) in [6.45, 7) is 4.02. The molecule has 0 amide bonds. The highest BCUT2D eigenvalue weighted by atomic mass is 16.4. The van der Waals surface area contributed by atoms with Crippen molar-refractivity contribution in [3.05, 3.63) is 30.0 Å². The van der Waals surface area contributed by atoms with Crippen LogP contribution in [0.15, 0.2) is 24.3 Å². The van der Waals surface area contributed by atoms with Gasteiger partial charge in [-0.3, -0.25) is 4.79 Å². The standard InChI is InChI=1S/C13H15NO3/c1-8(2)14-10(7-13(16)17)5-9-6-11(15)3-4-12(9)14/h3-6,8,15H,7H2,1-2H3,(H,16,17). The Labute approximate surface area is 99.1 Å². The van der Waals surface area contributed by atoms with E-state index in [1.54, 1.807) is 12.1 Å². The summed E-state index contributed by atoms with van der Waals surface area (Å²) in [4.78, 5) is 10.8. The predicted octanol–water partition coefficient (Wildman–Crippen LogP) is 2.55. The van der Waals surface area contributed by atoms with Gasteiger partial charge in [0.2, 0.25) is 0 Å². The van der Waals surface area contributed by atoms with Crippen molar-refractivity contribution in [3.8, 4) is 5.75 Å². The summed E-state index contributed by atoms with van der Waals surface area (Å²) in [7, 11) is 0. The lowest BCUT2D eigenvalue weighted by Gasteiger charge is -2.13. The second-order valence-corrected chi connectivity index (χ2v) is 4.41. The van der Waals surface area contributed by atoms with E-state index < -0.39 is 5.97 Å². The van der Waals surface area contributed by atoms with Crippen molar-refractivity contribution in [1.29, 1.82) is 0 Å². The predicted molar refractivity (Wildman–Crippen MR) is 65.3 cm³/mol. The number of phenolic OH excluding ortho intramolecular Hbond substituents is 1. The van der Waals surface area contributed by atoms with Crippen LogP contribution < -0.4 is 0 Å². The number of carbonyl (C=O) groups is 1. The molecule has 0 unspecified atom stereocenters. The first kappa shape index (κ1) is 11.5. The highest BCUT2D eigenvalue weighted by Gasteiger charge is 2.13. The summed E-state index contributed by atoms with van der Waals surface area (Å²) >= 11 is 0. The SMILES string of the molecule is CC(C)n1c(CC(=O)O)cc2cc(O)ccc21. The molecule has 2 rings (SSSR count). The topological polar surface area (TPSA) is 62.5 Å². The highest BCUT2D eigenvalue weighted by Crippen LogP contribution is 2.27. The molecule has 0 bridgehead atoms. The molecule has 0 fully saturated rings. The van der Waals surface area contributed by atoms with Gasteiger partial charge in [0.25, 0.3) is 0 Å². The lowest BCUT2D eigenvalue weighted by atomic mass is 10.2. The molecule has 0 aliphatic rings. The number of aliphatic carboxylic acids is 1. The minimum atomic E-state index is -0.848. The number of phenols is 1. The fraction of sp³-hybridized carbons (Fsp3) is 0.308. The monoisotopic (exact) mass is 233 g/mol. The Morgan fingerprint density at radius 3 is 2.65 bits per heavy atom. The van der Waals surface area contributed by atoms with Gasteiger partial charge in [-0.2, -0.15) is 0 Å². The zero-order valence-electron chi connectivity index (χ0n) is 9.84. The zero-order valence-corrected chi connectivity index (χ0v) is 9.84. The molecule has 1 aromatic heterocycles. The number of hydrogen-bond donors (Lipinski definition) is 2.